The van der Waals surface area contributed by atoms with Gasteiger partial charge in [-0.1, -0.05) is 12.1 Å². The van der Waals surface area contributed by atoms with Crippen LogP contribution in [0.25, 0.3) is 0 Å². The van der Waals surface area contributed by atoms with Gasteiger partial charge in [0.1, 0.15) is 17.5 Å². The summed E-state index contributed by atoms with van der Waals surface area (Å²) in [5.41, 5.74) is 3.30. The number of hydrogen-bond acceptors (Lipinski definition) is 2. The van der Waals surface area contributed by atoms with E-state index in [1.54, 1.807) is 0 Å². The molecule has 0 fully saturated rings. The van der Waals surface area contributed by atoms with Crippen molar-refractivity contribution >= 4 is 11.8 Å². The molecule has 0 radical (unpaired) electrons. The van der Waals surface area contributed by atoms with E-state index in [0.29, 0.717) is 6.07 Å². The Bertz CT molecular complexity index is 684. The highest BCUT2D eigenvalue weighted by Gasteiger charge is 2.13. The molecule has 0 heterocycles. The normalized spacial score (nSPS) is 10.0. The van der Waals surface area contributed by atoms with E-state index in [4.69, 9.17) is 0 Å². The number of rotatable bonds is 2. The predicted molar refractivity (Wildman–Crippen MR) is 67.7 cm³/mol. The molecule has 2 N–H and O–H groups in total. The molecule has 0 aliphatic carbocycles. The van der Waals surface area contributed by atoms with Crippen LogP contribution in [0, 0.1) is 17.5 Å². The van der Waals surface area contributed by atoms with Gasteiger partial charge in [-0.2, -0.15) is 0 Å². The molecule has 0 bridgehead atoms. The minimum atomic E-state index is -0.932. The fourth-order valence-electron chi connectivity index (χ4n) is 1.58. The van der Waals surface area contributed by atoms with Crippen LogP contribution in [0.3, 0.4) is 0 Å². The molecule has 0 aliphatic rings. The molecule has 21 heavy (non-hydrogen) atoms. The van der Waals surface area contributed by atoms with Crippen LogP contribution in [0.4, 0.5) is 13.2 Å². The van der Waals surface area contributed by atoms with Crippen LogP contribution in [-0.2, 0) is 0 Å². The number of benzene rings is 2. The molecule has 2 rings (SSSR count). The predicted octanol–water partition coefficient (Wildman–Crippen LogP) is 2.18. The van der Waals surface area contributed by atoms with Crippen LogP contribution in [0.2, 0.25) is 0 Å². The zero-order valence-electron chi connectivity index (χ0n) is 10.5. The lowest BCUT2D eigenvalue weighted by atomic mass is 10.2. The summed E-state index contributed by atoms with van der Waals surface area (Å²) < 4.78 is 39.2. The van der Waals surface area contributed by atoms with Gasteiger partial charge in [0.05, 0.1) is 5.56 Å². The Kier molecular flexibility index (Phi) is 4.22. The van der Waals surface area contributed by atoms with Crippen molar-refractivity contribution in [2.75, 3.05) is 0 Å². The highest BCUT2D eigenvalue weighted by Crippen LogP contribution is 2.08. The number of amides is 2. The fourth-order valence-corrected chi connectivity index (χ4v) is 1.58. The first kappa shape index (κ1) is 14.6. The molecule has 0 saturated carbocycles. The molecular formula is C14H9F3N2O2. The Morgan fingerprint density at radius 3 is 2.00 bits per heavy atom. The van der Waals surface area contributed by atoms with Gasteiger partial charge in [0, 0.05) is 11.6 Å². The quantitative estimate of drug-likeness (QED) is 0.834. The number of carbonyl (C=O) groups is 2. The van der Waals surface area contributed by atoms with Gasteiger partial charge in [-0.15, -0.1) is 0 Å². The SMILES string of the molecule is O=C(NNC(=O)c1ccccc1F)c1cc(F)cc(F)c1. The van der Waals surface area contributed by atoms with Gasteiger partial charge in [0.2, 0.25) is 0 Å². The Labute approximate surface area is 117 Å². The molecule has 0 saturated heterocycles. The summed E-state index contributed by atoms with van der Waals surface area (Å²) in [6.45, 7) is 0. The summed E-state index contributed by atoms with van der Waals surface area (Å²) in [5, 5.41) is 0. The smallest absolute Gasteiger partial charge is 0.267 e. The zero-order valence-corrected chi connectivity index (χ0v) is 10.5. The minimum absolute atomic E-state index is 0.275. The molecule has 0 aliphatic heterocycles. The molecule has 2 aromatic carbocycles. The van der Waals surface area contributed by atoms with Crippen molar-refractivity contribution < 1.29 is 22.8 Å². The highest BCUT2D eigenvalue weighted by atomic mass is 19.1. The van der Waals surface area contributed by atoms with Gasteiger partial charge >= 0.3 is 0 Å². The number of halogens is 3. The first-order valence-electron chi connectivity index (χ1n) is 5.78. The Morgan fingerprint density at radius 1 is 0.810 bits per heavy atom. The van der Waals surface area contributed by atoms with Crippen molar-refractivity contribution in [3.8, 4) is 0 Å². The van der Waals surface area contributed by atoms with E-state index in [2.05, 4.69) is 0 Å². The lowest BCUT2D eigenvalue weighted by Crippen LogP contribution is -2.42. The molecule has 7 heteroatoms. The van der Waals surface area contributed by atoms with Crippen molar-refractivity contribution in [1.29, 1.82) is 0 Å². The second-order valence-corrected chi connectivity index (χ2v) is 4.05. The van der Waals surface area contributed by atoms with Gasteiger partial charge in [-0.05, 0) is 24.3 Å². The molecule has 4 nitrogen and oxygen atoms in total. The van der Waals surface area contributed by atoms with Crippen molar-refractivity contribution in [2.24, 2.45) is 0 Å². The average Bonchev–Trinajstić information content (AvgIpc) is 2.43. The van der Waals surface area contributed by atoms with Crippen molar-refractivity contribution in [1.82, 2.24) is 10.9 Å². The van der Waals surface area contributed by atoms with E-state index >= 15 is 0 Å². The molecule has 0 atom stereocenters. The average molecular weight is 294 g/mol. The van der Waals surface area contributed by atoms with Gasteiger partial charge in [-0.25, -0.2) is 13.2 Å². The maximum atomic E-state index is 13.3. The van der Waals surface area contributed by atoms with Gasteiger partial charge < -0.3 is 0 Å². The van der Waals surface area contributed by atoms with E-state index in [1.807, 2.05) is 10.9 Å². The van der Waals surface area contributed by atoms with Crippen LogP contribution in [0.5, 0.6) is 0 Å². The lowest BCUT2D eigenvalue weighted by Gasteiger charge is -2.08. The molecule has 0 aromatic heterocycles. The van der Waals surface area contributed by atoms with Crippen molar-refractivity contribution in [3.63, 3.8) is 0 Å². The van der Waals surface area contributed by atoms with Crippen LogP contribution < -0.4 is 10.9 Å². The van der Waals surface area contributed by atoms with E-state index < -0.39 is 29.3 Å². The first-order chi connectivity index (χ1) is 9.97. The molecule has 108 valence electrons. The van der Waals surface area contributed by atoms with Crippen molar-refractivity contribution in [2.45, 2.75) is 0 Å². The lowest BCUT2D eigenvalue weighted by molar-refractivity contribution is 0.0844. The number of hydrazine groups is 1. The number of carbonyl (C=O) groups excluding carboxylic acids is 2. The van der Waals surface area contributed by atoms with Gasteiger partial charge in [-0.3, -0.25) is 20.4 Å². The largest absolute Gasteiger partial charge is 0.272 e. The summed E-state index contributed by atoms with van der Waals surface area (Å²) in [6, 6.07) is 7.36. The Morgan fingerprint density at radius 2 is 1.38 bits per heavy atom. The summed E-state index contributed by atoms with van der Waals surface area (Å²) in [5.74, 6) is -4.45. The number of nitrogens with one attached hydrogen (secondary N) is 2. The minimum Gasteiger partial charge on any atom is -0.267 e. The van der Waals surface area contributed by atoms with E-state index in [-0.39, 0.29) is 11.1 Å². The molecule has 2 amide bonds. The van der Waals surface area contributed by atoms with Crippen LogP contribution in [0.1, 0.15) is 20.7 Å². The highest BCUT2D eigenvalue weighted by molar-refractivity contribution is 5.99. The van der Waals surface area contributed by atoms with E-state index in [9.17, 15) is 22.8 Å². The third-order valence-electron chi connectivity index (χ3n) is 2.53. The third-order valence-corrected chi connectivity index (χ3v) is 2.53. The van der Waals surface area contributed by atoms with Gasteiger partial charge in [0.25, 0.3) is 11.8 Å². The third kappa shape index (κ3) is 3.59. The summed E-state index contributed by atoms with van der Waals surface area (Å²) in [4.78, 5) is 23.2. The standard InChI is InChI=1S/C14H9F3N2O2/c15-9-5-8(6-10(16)7-9)13(20)18-19-14(21)11-3-1-2-4-12(11)17/h1-7H,(H,18,20)(H,19,21). The van der Waals surface area contributed by atoms with E-state index in [1.165, 1.54) is 18.2 Å². The Hall–Kier alpha value is -2.83. The second-order valence-electron chi connectivity index (χ2n) is 4.05. The fraction of sp³-hybridized carbons (Fsp3) is 0. The van der Waals surface area contributed by atoms with Crippen molar-refractivity contribution in [3.05, 3.63) is 71.0 Å². The second kappa shape index (κ2) is 6.08. The Balaban J connectivity index is 2.04. The summed E-state index contributed by atoms with van der Waals surface area (Å²) in [7, 11) is 0. The summed E-state index contributed by atoms with van der Waals surface area (Å²) in [6.07, 6.45) is 0. The first-order valence-corrected chi connectivity index (χ1v) is 5.78. The van der Waals surface area contributed by atoms with Gasteiger partial charge in [0.15, 0.2) is 0 Å². The molecule has 2 aromatic rings. The van der Waals surface area contributed by atoms with Crippen LogP contribution >= 0.6 is 0 Å². The topological polar surface area (TPSA) is 58.2 Å². The maximum Gasteiger partial charge on any atom is 0.272 e. The monoisotopic (exact) mass is 294 g/mol. The zero-order chi connectivity index (χ0) is 15.4. The molecule has 0 unspecified atom stereocenters. The maximum absolute atomic E-state index is 13.3. The number of hydrogen-bond donors (Lipinski definition) is 2. The van der Waals surface area contributed by atoms with E-state index in [0.717, 1.165) is 18.2 Å². The summed E-state index contributed by atoms with van der Waals surface area (Å²) >= 11 is 0. The molecule has 0 spiro atoms. The molecular weight excluding hydrogens is 285 g/mol. The van der Waals surface area contributed by atoms with Crippen LogP contribution in [-0.4, -0.2) is 11.8 Å². The van der Waals surface area contributed by atoms with Crippen LogP contribution in [0.15, 0.2) is 42.5 Å².